The Labute approximate surface area is 246 Å². The van der Waals surface area contributed by atoms with Crippen LogP contribution >= 0.6 is 0 Å². The number of rotatable bonds is 7. The molecule has 0 aliphatic carbocycles. The highest BCUT2D eigenvalue weighted by atomic mass is 19.4. The van der Waals surface area contributed by atoms with Gasteiger partial charge in [0.2, 0.25) is 5.91 Å². The van der Waals surface area contributed by atoms with Crippen LogP contribution in [0.3, 0.4) is 0 Å². The molecular formula is C31H31F3N4O5. The Hall–Kier alpha value is -4.45. The summed E-state index contributed by atoms with van der Waals surface area (Å²) in [5.74, 6) is -0.758. The monoisotopic (exact) mass is 596 g/mol. The fourth-order valence-corrected chi connectivity index (χ4v) is 5.27. The first kappa shape index (κ1) is 30.0. The predicted octanol–water partition coefficient (Wildman–Crippen LogP) is 4.48. The van der Waals surface area contributed by atoms with Crippen LogP contribution in [0.4, 0.5) is 18.9 Å². The quantitative estimate of drug-likeness (QED) is 0.416. The molecule has 5 rings (SSSR count). The van der Waals surface area contributed by atoms with Crippen molar-refractivity contribution in [2.24, 2.45) is 0 Å². The molecule has 3 aromatic rings. The normalized spacial score (nSPS) is 20.1. The summed E-state index contributed by atoms with van der Waals surface area (Å²) in [7, 11) is 1.68. The van der Waals surface area contributed by atoms with Gasteiger partial charge >= 0.3 is 6.18 Å². The van der Waals surface area contributed by atoms with E-state index < -0.39 is 23.8 Å². The largest absolute Gasteiger partial charge is 0.490 e. The molecule has 1 fully saturated rings. The van der Waals surface area contributed by atoms with E-state index in [0.29, 0.717) is 37.2 Å². The average molecular weight is 597 g/mol. The van der Waals surface area contributed by atoms with Crippen LogP contribution in [0.1, 0.15) is 51.2 Å². The molecule has 1 saturated heterocycles. The number of hydrogen-bond acceptors (Lipinski definition) is 6. The fraction of sp³-hybridized carbons (Fsp3) is 0.355. The Balaban J connectivity index is 1.19. The van der Waals surface area contributed by atoms with Crippen LogP contribution in [0.25, 0.3) is 0 Å². The number of amides is 3. The number of aromatic nitrogens is 1. The van der Waals surface area contributed by atoms with Crippen molar-refractivity contribution in [3.63, 3.8) is 0 Å². The predicted molar refractivity (Wildman–Crippen MR) is 151 cm³/mol. The lowest BCUT2D eigenvalue weighted by Crippen LogP contribution is -2.54. The van der Waals surface area contributed by atoms with Crippen molar-refractivity contribution in [3.05, 3.63) is 89.2 Å². The number of ether oxygens (including phenoxy) is 2. The number of halogens is 3. The van der Waals surface area contributed by atoms with Gasteiger partial charge in [-0.1, -0.05) is 6.07 Å². The standard InChI is InChI=1S/C31H31F3N4O5/c1-38-25-11-10-23(17-28(39)36-15-13-21-4-2-3-14-35-21)43-27(25)18-42-26-12-9-22(16-24(26)30(38)41)37-29(40)19-5-7-20(8-6-19)31(32,33)34/h2-9,12,14,16,23,25,27H,10-11,13,15,17-18H2,1H3,(H,36,39)(H,37,40)/t23-,25-,27-/m0/s1. The molecule has 226 valence electrons. The maximum atomic E-state index is 13.5. The highest BCUT2D eigenvalue weighted by Crippen LogP contribution is 2.33. The summed E-state index contributed by atoms with van der Waals surface area (Å²) in [6, 6.07) is 13.8. The van der Waals surface area contributed by atoms with Crippen LogP contribution in [0, 0.1) is 0 Å². The molecule has 0 bridgehead atoms. The van der Waals surface area contributed by atoms with Gasteiger partial charge in [0.05, 0.1) is 29.7 Å². The SMILES string of the molecule is CN1C(=O)c2cc(NC(=O)c3ccc(C(F)(F)F)cc3)ccc2OC[C@@H]2O[C@H](CC(=O)NCCc3ccccn3)CC[C@@H]21. The summed E-state index contributed by atoms with van der Waals surface area (Å²) in [6.45, 7) is 0.628. The van der Waals surface area contributed by atoms with Gasteiger partial charge in [-0.15, -0.1) is 0 Å². The molecule has 0 saturated carbocycles. The zero-order valence-corrected chi connectivity index (χ0v) is 23.4. The maximum absolute atomic E-state index is 13.5. The van der Waals surface area contributed by atoms with Gasteiger partial charge in [0.1, 0.15) is 18.5 Å². The summed E-state index contributed by atoms with van der Waals surface area (Å²) in [5.41, 5.74) is 0.610. The van der Waals surface area contributed by atoms with Gasteiger partial charge in [0, 0.05) is 43.2 Å². The van der Waals surface area contributed by atoms with Crippen LogP contribution in [0.2, 0.25) is 0 Å². The first-order valence-electron chi connectivity index (χ1n) is 13.9. The fourth-order valence-electron chi connectivity index (χ4n) is 5.27. The number of nitrogens with zero attached hydrogens (tertiary/aromatic N) is 2. The number of hydrogen-bond donors (Lipinski definition) is 2. The molecule has 1 aromatic heterocycles. The van der Waals surface area contributed by atoms with E-state index in [9.17, 15) is 27.6 Å². The van der Waals surface area contributed by atoms with Crippen molar-refractivity contribution in [2.45, 2.75) is 50.1 Å². The van der Waals surface area contributed by atoms with E-state index in [1.165, 1.54) is 6.07 Å². The third kappa shape index (κ3) is 7.31. The van der Waals surface area contributed by atoms with Gasteiger partial charge in [0.15, 0.2) is 0 Å². The Morgan fingerprint density at radius 3 is 2.58 bits per heavy atom. The smallest absolute Gasteiger partial charge is 0.416 e. The number of alkyl halides is 3. The second-order valence-corrected chi connectivity index (χ2v) is 10.5. The number of carbonyl (C=O) groups excluding carboxylic acids is 3. The van der Waals surface area contributed by atoms with Crippen molar-refractivity contribution < 1.29 is 37.0 Å². The first-order valence-corrected chi connectivity index (χ1v) is 13.9. The lowest BCUT2D eigenvalue weighted by molar-refractivity contribution is -0.137. The molecule has 43 heavy (non-hydrogen) atoms. The van der Waals surface area contributed by atoms with Gasteiger partial charge in [-0.05, 0) is 67.4 Å². The lowest BCUT2D eigenvalue weighted by Gasteiger charge is -2.42. The highest BCUT2D eigenvalue weighted by molar-refractivity contribution is 6.05. The molecule has 3 heterocycles. The number of nitrogens with one attached hydrogen (secondary N) is 2. The molecule has 0 radical (unpaired) electrons. The molecule has 0 unspecified atom stereocenters. The minimum atomic E-state index is -4.50. The van der Waals surface area contributed by atoms with Crippen molar-refractivity contribution in [1.29, 1.82) is 0 Å². The lowest BCUT2D eigenvalue weighted by atomic mass is 9.94. The molecule has 2 aliphatic rings. The van der Waals surface area contributed by atoms with E-state index in [0.717, 1.165) is 30.0 Å². The Bertz CT molecular complexity index is 1470. The van der Waals surface area contributed by atoms with Crippen LogP contribution < -0.4 is 15.4 Å². The van der Waals surface area contributed by atoms with Crippen LogP contribution in [0.15, 0.2) is 66.9 Å². The van der Waals surface area contributed by atoms with E-state index >= 15 is 0 Å². The summed E-state index contributed by atoms with van der Waals surface area (Å²) in [5, 5.41) is 5.54. The summed E-state index contributed by atoms with van der Waals surface area (Å²) in [6.07, 6.45) is -1.53. The molecule has 2 aliphatic heterocycles. The molecule has 9 nitrogen and oxygen atoms in total. The van der Waals surface area contributed by atoms with Crippen LogP contribution in [0.5, 0.6) is 5.75 Å². The van der Waals surface area contributed by atoms with E-state index in [2.05, 4.69) is 15.6 Å². The number of anilines is 1. The van der Waals surface area contributed by atoms with Gasteiger partial charge in [-0.3, -0.25) is 19.4 Å². The van der Waals surface area contributed by atoms with Gasteiger partial charge < -0.3 is 25.0 Å². The average Bonchev–Trinajstić information content (AvgIpc) is 2.99. The minimum absolute atomic E-state index is 0.0399. The third-order valence-corrected chi connectivity index (χ3v) is 7.59. The van der Waals surface area contributed by atoms with Gasteiger partial charge in [-0.25, -0.2) is 0 Å². The Morgan fingerprint density at radius 1 is 1.07 bits per heavy atom. The molecular weight excluding hydrogens is 565 g/mol. The van der Waals surface area contributed by atoms with Crippen molar-refractivity contribution >= 4 is 23.4 Å². The molecule has 3 atom stereocenters. The summed E-state index contributed by atoms with van der Waals surface area (Å²) in [4.78, 5) is 44.5. The van der Waals surface area contributed by atoms with E-state index in [1.807, 2.05) is 18.2 Å². The second-order valence-electron chi connectivity index (χ2n) is 10.5. The van der Waals surface area contributed by atoms with Gasteiger partial charge in [0.25, 0.3) is 11.8 Å². The highest BCUT2D eigenvalue weighted by Gasteiger charge is 2.39. The second kappa shape index (κ2) is 12.8. The molecule has 0 spiro atoms. The maximum Gasteiger partial charge on any atom is 0.416 e. The topological polar surface area (TPSA) is 110 Å². The molecule has 3 amide bonds. The third-order valence-electron chi connectivity index (χ3n) is 7.59. The minimum Gasteiger partial charge on any atom is -0.490 e. The van der Waals surface area contributed by atoms with E-state index in [1.54, 1.807) is 30.3 Å². The van der Waals surface area contributed by atoms with E-state index in [4.69, 9.17) is 9.47 Å². The van der Waals surface area contributed by atoms with Crippen molar-refractivity contribution in [3.8, 4) is 5.75 Å². The van der Waals surface area contributed by atoms with Crippen molar-refractivity contribution in [2.75, 3.05) is 25.5 Å². The zero-order valence-electron chi connectivity index (χ0n) is 23.4. The van der Waals surface area contributed by atoms with E-state index in [-0.39, 0.29) is 48.1 Å². The number of benzene rings is 2. The Kier molecular flexibility index (Phi) is 8.95. The van der Waals surface area contributed by atoms with Crippen LogP contribution in [-0.2, 0) is 22.1 Å². The number of pyridine rings is 1. The number of carbonyl (C=O) groups is 3. The number of likely N-dealkylation sites (N-methyl/N-ethyl adjacent to an activating group) is 1. The van der Waals surface area contributed by atoms with Gasteiger partial charge in [-0.2, -0.15) is 13.2 Å². The number of fused-ring (bicyclic) bond motifs is 2. The Morgan fingerprint density at radius 2 is 1.86 bits per heavy atom. The summed E-state index contributed by atoms with van der Waals surface area (Å²) >= 11 is 0. The summed E-state index contributed by atoms with van der Waals surface area (Å²) < 4.78 is 50.7. The zero-order chi connectivity index (χ0) is 30.6. The van der Waals surface area contributed by atoms with Crippen LogP contribution in [-0.4, -0.2) is 66.1 Å². The first-order chi connectivity index (χ1) is 20.6. The molecule has 2 aromatic carbocycles. The molecule has 2 N–H and O–H groups in total. The van der Waals surface area contributed by atoms with Crippen molar-refractivity contribution in [1.82, 2.24) is 15.2 Å². The molecule has 12 heteroatoms.